The first-order valence-electron chi connectivity index (χ1n) is 7.59. The van der Waals surface area contributed by atoms with Crippen LogP contribution in [-0.4, -0.2) is 36.9 Å². The molecule has 2 amide bonds. The fraction of sp³-hybridized carbons (Fsp3) is 0.222. The van der Waals surface area contributed by atoms with Gasteiger partial charge in [-0.15, -0.1) is 0 Å². The average molecular weight is 328 g/mol. The number of hydrogen-bond acceptors (Lipinski definition) is 3. The number of likely N-dealkylation sites (N-methyl/N-ethyl adjacent to an activating group) is 1. The van der Waals surface area contributed by atoms with Crippen LogP contribution in [0.25, 0.3) is 0 Å². The van der Waals surface area contributed by atoms with Gasteiger partial charge >= 0.3 is 0 Å². The van der Waals surface area contributed by atoms with Crippen molar-refractivity contribution >= 4 is 17.5 Å². The molecule has 0 saturated heterocycles. The molecular weight excluding hydrogens is 311 g/mol. The van der Waals surface area contributed by atoms with E-state index in [1.54, 1.807) is 24.1 Å². The molecule has 1 aliphatic rings. The van der Waals surface area contributed by atoms with Crippen molar-refractivity contribution in [3.63, 3.8) is 0 Å². The third-order valence-electron chi connectivity index (χ3n) is 3.87. The van der Waals surface area contributed by atoms with Gasteiger partial charge < -0.3 is 15.0 Å². The van der Waals surface area contributed by atoms with Crippen LogP contribution in [0.4, 0.5) is 10.1 Å². The zero-order valence-corrected chi connectivity index (χ0v) is 13.2. The summed E-state index contributed by atoms with van der Waals surface area (Å²) in [5.41, 5.74) is 2.14. The number of ether oxygens (including phenoxy) is 1. The highest BCUT2D eigenvalue weighted by atomic mass is 19.1. The minimum atomic E-state index is -0.365. The molecule has 0 spiro atoms. The Kier molecular flexibility index (Phi) is 4.46. The number of carbonyl (C=O) groups excluding carboxylic acids is 2. The van der Waals surface area contributed by atoms with Crippen LogP contribution in [0.5, 0.6) is 5.75 Å². The second kappa shape index (κ2) is 6.70. The molecular formula is C18H17FN2O3. The van der Waals surface area contributed by atoms with Gasteiger partial charge in [-0.2, -0.15) is 0 Å². The summed E-state index contributed by atoms with van der Waals surface area (Å²) in [5.74, 6) is -0.352. The van der Waals surface area contributed by atoms with Crippen LogP contribution in [0.2, 0.25) is 0 Å². The Hall–Kier alpha value is -2.89. The zero-order chi connectivity index (χ0) is 17.1. The van der Waals surface area contributed by atoms with Crippen LogP contribution in [0.3, 0.4) is 0 Å². The van der Waals surface area contributed by atoms with Crippen molar-refractivity contribution in [2.45, 2.75) is 6.42 Å². The summed E-state index contributed by atoms with van der Waals surface area (Å²) in [6.07, 6.45) is 0.805. The van der Waals surface area contributed by atoms with Crippen LogP contribution in [0, 0.1) is 5.82 Å². The summed E-state index contributed by atoms with van der Waals surface area (Å²) in [7, 11) is 1.76. The van der Waals surface area contributed by atoms with E-state index in [1.165, 1.54) is 24.3 Å². The number of amides is 2. The van der Waals surface area contributed by atoms with Crippen molar-refractivity contribution in [3.05, 3.63) is 59.4 Å². The van der Waals surface area contributed by atoms with Crippen molar-refractivity contribution < 1.29 is 18.7 Å². The van der Waals surface area contributed by atoms with Gasteiger partial charge in [0.1, 0.15) is 11.6 Å². The second-order valence-corrected chi connectivity index (χ2v) is 5.64. The average Bonchev–Trinajstić information content (AvgIpc) is 2.58. The number of anilines is 1. The highest BCUT2D eigenvalue weighted by molar-refractivity contribution is 5.99. The Bertz CT molecular complexity index is 774. The maximum absolute atomic E-state index is 12.8. The molecule has 0 aromatic heterocycles. The molecule has 0 fully saturated rings. The molecule has 0 saturated carbocycles. The van der Waals surface area contributed by atoms with E-state index in [1.807, 2.05) is 6.07 Å². The fourth-order valence-electron chi connectivity index (χ4n) is 2.54. The minimum absolute atomic E-state index is 0.0464. The molecule has 3 rings (SSSR count). The van der Waals surface area contributed by atoms with Crippen LogP contribution in [-0.2, 0) is 11.2 Å². The van der Waals surface area contributed by atoms with E-state index in [9.17, 15) is 14.0 Å². The SMILES string of the molecule is CN1CCc2ccc(NC(=O)COc3ccc(F)cc3)cc2C1=O. The zero-order valence-electron chi connectivity index (χ0n) is 13.2. The summed E-state index contributed by atoms with van der Waals surface area (Å²) < 4.78 is 18.1. The van der Waals surface area contributed by atoms with E-state index in [4.69, 9.17) is 4.74 Å². The number of nitrogens with one attached hydrogen (secondary N) is 1. The van der Waals surface area contributed by atoms with Gasteiger partial charge in [-0.25, -0.2) is 4.39 Å². The highest BCUT2D eigenvalue weighted by Crippen LogP contribution is 2.22. The molecule has 0 bridgehead atoms. The van der Waals surface area contributed by atoms with Crippen molar-refractivity contribution in [3.8, 4) is 5.75 Å². The molecule has 6 heteroatoms. The van der Waals surface area contributed by atoms with E-state index in [2.05, 4.69) is 5.32 Å². The lowest BCUT2D eigenvalue weighted by atomic mass is 9.99. The van der Waals surface area contributed by atoms with Crippen LogP contribution < -0.4 is 10.1 Å². The Balaban J connectivity index is 1.62. The standard InChI is InChI=1S/C18H17FN2O3/c1-21-9-8-12-2-5-14(10-16(12)18(21)23)20-17(22)11-24-15-6-3-13(19)4-7-15/h2-7,10H,8-9,11H2,1H3,(H,20,22). The second-order valence-electron chi connectivity index (χ2n) is 5.64. The van der Waals surface area contributed by atoms with Gasteiger partial charge in [-0.1, -0.05) is 6.07 Å². The summed E-state index contributed by atoms with van der Waals surface area (Å²) >= 11 is 0. The number of benzene rings is 2. The van der Waals surface area contributed by atoms with E-state index in [0.29, 0.717) is 23.5 Å². The Morgan fingerprint density at radius 2 is 2.00 bits per heavy atom. The first-order valence-corrected chi connectivity index (χ1v) is 7.59. The highest BCUT2D eigenvalue weighted by Gasteiger charge is 2.21. The van der Waals surface area contributed by atoms with Crippen molar-refractivity contribution in [1.29, 1.82) is 0 Å². The number of rotatable bonds is 4. The van der Waals surface area contributed by atoms with Gasteiger partial charge in [0.2, 0.25) is 0 Å². The van der Waals surface area contributed by atoms with Crippen molar-refractivity contribution in [2.75, 3.05) is 25.5 Å². The molecule has 24 heavy (non-hydrogen) atoms. The summed E-state index contributed by atoms with van der Waals surface area (Å²) in [6, 6.07) is 10.7. The molecule has 1 heterocycles. The maximum atomic E-state index is 12.8. The molecule has 0 radical (unpaired) electrons. The topological polar surface area (TPSA) is 58.6 Å². The number of fused-ring (bicyclic) bond motifs is 1. The third-order valence-corrected chi connectivity index (χ3v) is 3.87. The smallest absolute Gasteiger partial charge is 0.262 e. The van der Waals surface area contributed by atoms with Gasteiger partial charge in [-0.3, -0.25) is 9.59 Å². The largest absolute Gasteiger partial charge is 0.484 e. The summed E-state index contributed by atoms with van der Waals surface area (Å²) in [6.45, 7) is 0.500. The number of nitrogens with zero attached hydrogens (tertiary/aromatic N) is 1. The molecule has 2 aromatic rings. The fourth-order valence-corrected chi connectivity index (χ4v) is 2.54. The van der Waals surface area contributed by atoms with Crippen molar-refractivity contribution in [2.24, 2.45) is 0 Å². The van der Waals surface area contributed by atoms with E-state index < -0.39 is 0 Å². The normalized spacial score (nSPS) is 13.4. The molecule has 0 unspecified atom stereocenters. The summed E-state index contributed by atoms with van der Waals surface area (Å²) in [4.78, 5) is 25.8. The monoisotopic (exact) mass is 328 g/mol. The first-order chi connectivity index (χ1) is 11.5. The Morgan fingerprint density at radius 3 is 2.75 bits per heavy atom. The molecule has 2 aromatic carbocycles. The Labute approximate surface area is 139 Å². The minimum Gasteiger partial charge on any atom is -0.484 e. The predicted molar refractivity (Wildman–Crippen MR) is 87.6 cm³/mol. The first kappa shape index (κ1) is 16.0. The van der Waals surface area contributed by atoms with Gasteiger partial charge in [0.05, 0.1) is 0 Å². The van der Waals surface area contributed by atoms with Crippen LogP contribution in [0.1, 0.15) is 15.9 Å². The van der Waals surface area contributed by atoms with Crippen LogP contribution in [0.15, 0.2) is 42.5 Å². The number of carbonyl (C=O) groups is 2. The molecule has 0 atom stereocenters. The van der Waals surface area contributed by atoms with Gasteiger partial charge in [0, 0.05) is 24.8 Å². The quantitative estimate of drug-likeness (QED) is 0.938. The summed E-state index contributed by atoms with van der Waals surface area (Å²) in [5, 5.41) is 2.70. The number of halogens is 1. The molecule has 5 nitrogen and oxygen atoms in total. The molecule has 124 valence electrons. The molecule has 0 aliphatic carbocycles. The van der Waals surface area contributed by atoms with Gasteiger partial charge in [0.15, 0.2) is 6.61 Å². The Morgan fingerprint density at radius 1 is 1.25 bits per heavy atom. The lowest BCUT2D eigenvalue weighted by molar-refractivity contribution is -0.118. The lowest BCUT2D eigenvalue weighted by Gasteiger charge is -2.25. The molecule has 1 N–H and O–H groups in total. The maximum Gasteiger partial charge on any atom is 0.262 e. The van der Waals surface area contributed by atoms with E-state index >= 15 is 0 Å². The van der Waals surface area contributed by atoms with Crippen molar-refractivity contribution in [1.82, 2.24) is 4.90 Å². The van der Waals surface area contributed by atoms with Crippen LogP contribution >= 0.6 is 0 Å². The lowest BCUT2D eigenvalue weighted by Crippen LogP contribution is -2.34. The van der Waals surface area contributed by atoms with E-state index in [0.717, 1.165) is 12.0 Å². The predicted octanol–water partition coefficient (Wildman–Crippen LogP) is 2.47. The van der Waals surface area contributed by atoms with Gasteiger partial charge in [-0.05, 0) is 48.4 Å². The molecule has 1 aliphatic heterocycles. The third kappa shape index (κ3) is 3.53. The van der Waals surface area contributed by atoms with Gasteiger partial charge in [0.25, 0.3) is 11.8 Å². The number of hydrogen-bond donors (Lipinski definition) is 1. The van der Waals surface area contributed by atoms with E-state index in [-0.39, 0.29) is 24.2 Å².